The van der Waals surface area contributed by atoms with Gasteiger partial charge in [-0.2, -0.15) is 0 Å². The Morgan fingerprint density at radius 2 is 1.96 bits per heavy atom. The topological polar surface area (TPSA) is 68.7 Å². The Hall–Kier alpha value is -2.89. The van der Waals surface area contributed by atoms with E-state index in [9.17, 15) is 9.59 Å². The molecule has 0 spiro atoms. The summed E-state index contributed by atoms with van der Waals surface area (Å²) in [6.07, 6.45) is 1.52. The minimum atomic E-state index is -0.504. The average molecular weight is 314 g/mol. The van der Waals surface area contributed by atoms with Gasteiger partial charge < -0.3 is 14.4 Å². The normalized spacial score (nSPS) is 10.0. The van der Waals surface area contributed by atoms with E-state index in [4.69, 9.17) is 9.47 Å². The number of hydrogen-bond donors (Lipinski definition) is 0. The zero-order valence-electron chi connectivity index (χ0n) is 13.3. The summed E-state index contributed by atoms with van der Waals surface area (Å²) in [6.45, 7) is 1.99. The van der Waals surface area contributed by atoms with E-state index in [0.29, 0.717) is 11.3 Å². The van der Waals surface area contributed by atoms with Gasteiger partial charge in [0.1, 0.15) is 11.3 Å². The number of pyridine rings is 1. The lowest BCUT2D eigenvalue weighted by atomic mass is 10.2. The van der Waals surface area contributed by atoms with Crippen molar-refractivity contribution in [3.05, 3.63) is 53.7 Å². The minimum Gasteiger partial charge on any atom is -0.462 e. The molecule has 120 valence electrons. The summed E-state index contributed by atoms with van der Waals surface area (Å²) in [5.74, 6) is -0.0828. The van der Waals surface area contributed by atoms with Crippen LogP contribution < -0.4 is 4.74 Å². The Labute approximate surface area is 134 Å². The van der Waals surface area contributed by atoms with Crippen LogP contribution in [0.1, 0.15) is 27.6 Å². The molecular formula is C17H18N2O4. The largest absolute Gasteiger partial charge is 0.462 e. The molecule has 0 saturated heterocycles. The van der Waals surface area contributed by atoms with Crippen molar-refractivity contribution in [3.63, 3.8) is 0 Å². The maximum Gasteiger partial charge on any atom is 0.343 e. The Morgan fingerprint density at radius 1 is 1.17 bits per heavy atom. The molecule has 1 aromatic carbocycles. The van der Waals surface area contributed by atoms with Crippen molar-refractivity contribution in [2.24, 2.45) is 0 Å². The lowest BCUT2D eigenvalue weighted by molar-refractivity contribution is 0.0522. The second-order valence-electron chi connectivity index (χ2n) is 4.91. The molecule has 6 nitrogen and oxygen atoms in total. The van der Waals surface area contributed by atoms with Crippen LogP contribution in [0.2, 0.25) is 0 Å². The van der Waals surface area contributed by atoms with Gasteiger partial charge in [0.25, 0.3) is 5.91 Å². The summed E-state index contributed by atoms with van der Waals surface area (Å²) in [5.41, 5.74) is 0.722. The highest BCUT2D eigenvalue weighted by atomic mass is 16.5. The molecule has 0 radical (unpaired) electrons. The molecule has 0 aliphatic heterocycles. The van der Waals surface area contributed by atoms with Crippen molar-refractivity contribution >= 4 is 11.9 Å². The number of carbonyl (C=O) groups excluding carboxylic acids is 2. The van der Waals surface area contributed by atoms with E-state index >= 15 is 0 Å². The third-order valence-electron chi connectivity index (χ3n) is 2.97. The highest BCUT2D eigenvalue weighted by Gasteiger charge is 2.16. The summed E-state index contributed by atoms with van der Waals surface area (Å²) in [7, 11) is 3.35. The van der Waals surface area contributed by atoms with Crippen molar-refractivity contribution < 1.29 is 19.1 Å². The smallest absolute Gasteiger partial charge is 0.343 e. The van der Waals surface area contributed by atoms with Gasteiger partial charge in [0.2, 0.25) is 5.88 Å². The molecule has 1 heterocycles. The number of esters is 1. The van der Waals surface area contributed by atoms with Crippen LogP contribution in [-0.4, -0.2) is 42.5 Å². The van der Waals surface area contributed by atoms with E-state index in [1.54, 1.807) is 57.4 Å². The maximum absolute atomic E-state index is 12.0. The lowest BCUT2D eigenvalue weighted by Crippen LogP contribution is -2.21. The summed E-state index contributed by atoms with van der Waals surface area (Å²) in [5, 5.41) is 0. The molecule has 0 saturated carbocycles. The van der Waals surface area contributed by atoms with Crippen LogP contribution in [-0.2, 0) is 4.74 Å². The number of carbonyl (C=O) groups is 2. The molecule has 0 unspecified atom stereocenters. The van der Waals surface area contributed by atoms with Gasteiger partial charge in [-0.05, 0) is 37.3 Å². The fraction of sp³-hybridized carbons (Fsp3) is 0.235. The first-order chi connectivity index (χ1) is 11.0. The van der Waals surface area contributed by atoms with Crippen LogP contribution in [0.3, 0.4) is 0 Å². The van der Waals surface area contributed by atoms with Gasteiger partial charge in [-0.25, -0.2) is 9.78 Å². The van der Waals surface area contributed by atoms with Crippen molar-refractivity contribution in [3.8, 4) is 11.6 Å². The van der Waals surface area contributed by atoms with Crippen LogP contribution in [0.5, 0.6) is 11.6 Å². The molecular weight excluding hydrogens is 296 g/mol. The molecule has 6 heteroatoms. The van der Waals surface area contributed by atoms with Gasteiger partial charge in [-0.3, -0.25) is 4.79 Å². The van der Waals surface area contributed by atoms with Gasteiger partial charge in [-0.15, -0.1) is 0 Å². The predicted molar refractivity (Wildman–Crippen MR) is 84.7 cm³/mol. The molecule has 2 rings (SSSR count). The van der Waals surface area contributed by atoms with Gasteiger partial charge in [0.15, 0.2) is 0 Å². The highest BCUT2D eigenvalue weighted by Crippen LogP contribution is 2.24. The summed E-state index contributed by atoms with van der Waals surface area (Å²) in [6, 6.07) is 9.90. The average Bonchev–Trinajstić information content (AvgIpc) is 2.55. The quantitative estimate of drug-likeness (QED) is 0.794. The highest BCUT2D eigenvalue weighted by molar-refractivity contribution is 5.94. The lowest BCUT2D eigenvalue weighted by Gasteiger charge is -2.12. The first kappa shape index (κ1) is 16.5. The third kappa shape index (κ3) is 4.06. The van der Waals surface area contributed by atoms with Crippen molar-refractivity contribution in [2.45, 2.75) is 6.92 Å². The molecule has 0 bridgehead atoms. The van der Waals surface area contributed by atoms with Crippen molar-refractivity contribution in [1.29, 1.82) is 0 Å². The zero-order valence-corrected chi connectivity index (χ0v) is 13.3. The van der Waals surface area contributed by atoms with E-state index in [0.717, 1.165) is 0 Å². The van der Waals surface area contributed by atoms with Crippen LogP contribution >= 0.6 is 0 Å². The zero-order chi connectivity index (χ0) is 16.8. The molecule has 1 amide bonds. The fourth-order valence-corrected chi connectivity index (χ4v) is 1.90. The van der Waals surface area contributed by atoms with Crippen LogP contribution in [0, 0.1) is 0 Å². The second kappa shape index (κ2) is 7.40. The maximum atomic E-state index is 12.0. The first-order valence-electron chi connectivity index (χ1n) is 7.14. The van der Waals surface area contributed by atoms with E-state index in [2.05, 4.69) is 4.98 Å². The number of amides is 1. The Morgan fingerprint density at radius 3 is 2.65 bits per heavy atom. The standard InChI is InChI=1S/C17H18N2O4/c1-4-22-17(21)14-9-6-10-18-15(14)23-13-8-5-7-12(11-13)16(20)19(2)3/h5-11H,4H2,1-3H3. The van der Waals surface area contributed by atoms with Crippen LogP contribution in [0.25, 0.3) is 0 Å². The van der Waals surface area contributed by atoms with E-state index in [1.807, 2.05) is 0 Å². The molecule has 1 aromatic heterocycles. The van der Waals surface area contributed by atoms with Gasteiger partial charge in [-0.1, -0.05) is 6.07 Å². The second-order valence-corrected chi connectivity index (χ2v) is 4.91. The summed E-state index contributed by atoms with van der Waals surface area (Å²) >= 11 is 0. The molecule has 0 aliphatic carbocycles. The fourth-order valence-electron chi connectivity index (χ4n) is 1.90. The Kier molecular flexibility index (Phi) is 5.30. The number of hydrogen-bond acceptors (Lipinski definition) is 5. The molecule has 0 aliphatic rings. The molecule has 0 atom stereocenters. The van der Waals surface area contributed by atoms with Crippen LogP contribution in [0.4, 0.5) is 0 Å². The number of rotatable bonds is 5. The van der Waals surface area contributed by atoms with Gasteiger partial charge >= 0.3 is 5.97 Å². The first-order valence-corrected chi connectivity index (χ1v) is 7.14. The number of aromatic nitrogens is 1. The van der Waals surface area contributed by atoms with Crippen molar-refractivity contribution in [2.75, 3.05) is 20.7 Å². The van der Waals surface area contributed by atoms with Crippen LogP contribution in [0.15, 0.2) is 42.6 Å². The molecule has 0 fully saturated rings. The van der Waals surface area contributed by atoms with Gasteiger partial charge in [0, 0.05) is 25.9 Å². The van der Waals surface area contributed by atoms with Crippen molar-refractivity contribution in [1.82, 2.24) is 9.88 Å². The molecule has 23 heavy (non-hydrogen) atoms. The number of benzene rings is 1. The van der Waals surface area contributed by atoms with E-state index < -0.39 is 5.97 Å². The van der Waals surface area contributed by atoms with Gasteiger partial charge in [0.05, 0.1) is 6.61 Å². The summed E-state index contributed by atoms with van der Waals surface area (Å²) in [4.78, 5) is 29.5. The number of nitrogens with zero attached hydrogens (tertiary/aromatic N) is 2. The minimum absolute atomic E-state index is 0.137. The SMILES string of the molecule is CCOC(=O)c1cccnc1Oc1cccc(C(=O)N(C)C)c1. The Balaban J connectivity index is 2.28. The molecule has 2 aromatic rings. The Bertz CT molecular complexity index is 713. The predicted octanol–water partition coefficient (Wildman–Crippen LogP) is 2.75. The van der Waals surface area contributed by atoms with E-state index in [1.165, 1.54) is 11.1 Å². The monoisotopic (exact) mass is 314 g/mol. The summed E-state index contributed by atoms with van der Waals surface area (Å²) < 4.78 is 10.6. The van der Waals surface area contributed by atoms with E-state index in [-0.39, 0.29) is 24.0 Å². The number of ether oxygens (including phenoxy) is 2. The third-order valence-corrected chi connectivity index (χ3v) is 2.97. The molecule has 0 N–H and O–H groups in total.